The second-order valence-electron chi connectivity index (χ2n) is 15.8. The van der Waals surface area contributed by atoms with Crippen molar-refractivity contribution in [1.82, 2.24) is 15.0 Å². The molecule has 0 saturated carbocycles. The molecule has 278 valence electrons. The summed E-state index contributed by atoms with van der Waals surface area (Å²) < 4.78 is 15.5. The Hall–Kier alpha value is -7.15. The molecule has 0 saturated heterocycles. The summed E-state index contributed by atoms with van der Waals surface area (Å²) in [4.78, 5) is 15.9. The van der Waals surface area contributed by atoms with Crippen molar-refractivity contribution in [2.75, 3.05) is 0 Å². The minimum absolute atomic E-state index is 0.0977. The van der Waals surface area contributed by atoms with Crippen LogP contribution in [0.4, 0.5) is 0 Å². The quantitative estimate of drug-likeness (QED) is 0.178. The molecule has 3 aromatic heterocycles. The monoisotopic (exact) mass is 775 g/mol. The van der Waals surface area contributed by atoms with Gasteiger partial charge in [0.05, 0.1) is 5.92 Å². The largest absolute Gasteiger partial charge is 0.485 e. The second-order valence-corrected chi connectivity index (χ2v) is 16.8. The highest BCUT2D eigenvalue weighted by Gasteiger charge is 2.39. The predicted octanol–water partition coefficient (Wildman–Crippen LogP) is 13.8. The van der Waals surface area contributed by atoms with Gasteiger partial charge >= 0.3 is 0 Å². The molecular formula is C53H33N3O2S. The first kappa shape index (κ1) is 32.9. The van der Waals surface area contributed by atoms with Crippen LogP contribution in [0.25, 0.3) is 98.4 Å². The molecule has 6 heteroatoms. The molecule has 2 atom stereocenters. The molecule has 59 heavy (non-hydrogen) atoms. The van der Waals surface area contributed by atoms with Gasteiger partial charge < -0.3 is 9.15 Å². The number of aryl methyl sites for hydroxylation is 1. The number of benzene rings is 7. The van der Waals surface area contributed by atoms with Crippen LogP contribution in [-0.4, -0.2) is 21.1 Å². The van der Waals surface area contributed by atoms with Crippen molar-refractivity contribution in [3.63, 3.8) is 0 Å². The van der Waals surface area contributed by atoms with Gasteiger partial charge in [-0.15, -0.1) is 11.3 Å². The SMILES string of the molecule is C1=CC2Oc3ccc(-c4ccc5sc6ccccc6c5c4)cc3C2C(c2nc(-c3ccc4ccc5c(c4c3)CCC=C5)nc(-c3ccc4oc5ccccc5c4c3)n2)=C1. The fourth-order valence-corrected chi connectivity index (χ4v) is 10.6. The Morgan fingerprint density at radius 3 is 2.22 bits per heavy atom. The number of ether oxygens (including phenoxy) is 1. The van der Waals surface area contributed by atoms with Crippen LogP contribution in [0.1, 0.15) is 34.9 Å². The zero-order valence-corrected chi connectivity index (χ0v) is 32.5. The maximum atomic E-state index is 6.67. The highest BCUT2D eigenvalue weighted by atomic mass is 32.1. The Balaban J connectivity index is 0.970. The van der Waals surface area contributed by atoms with E-state index in [1.54, 1.807) is 0 Å². The first-order valence-electron chi connectivity index (χ1n) is 20.2. The van der Waals surface area contributed by atoms with E-state index in [1.807, 2.05) is 35.6 Å². The van der Waals surface area contributed by atoms with E-state index in [2.05, 4.69) is 140 Å². The van der Waals surface area contributed by atoms with Gasteiger partial charge in [-0.3, -0.25) is 0 Å². The Morgan fingerprint density at radius 1 is 0.576 bits per heavy atom. The van der Waals surface area contributed by atoms with Gasteiger partial charge in [0, 0.05) is 53.2 Å². The second kappa shape index (κ2) is 12.7. The smallest absolute Gasteiger partial charge is 0.164 e. The molecule has 0 amide bonds. The fraction of sp³-hybridized carbons (Fsp3) is 0.0755. The fourth-order valence-electron chi connectivity index (χ4n) is 9.50. The lowest BCUT2D eigenvalue weighted by atomic mass is 9.83. The number of furan rings is 1. The molecule has 0 N–H and O–H groups in total. The van der Waals surface area contributed by atoms with Crippen molar-refractivity contribution in [3.8, 4) is 39.7 Å². The van der Waals surface area contributed by atoms with Gasteiger partial charge in [0.15, 0.2) is 17.5 Å². The normalized spacial score (nSPS) is 16.8. The van der Waals surface area contributed by atoms with Crippen molar-refractivity contribution in [1.29, 1.82) is 0 Å². The maximum absolute atomic E-state index is 6.67. The first-order valence-corrected chi connectivity index (χ1v) is 21.0. The minimum Gasteiger partial charge on any atom is -0.485 e. The number of fused-ring (bicyclic) bond motifs is 12. The number of aromatic nitrogens is 3. The molecule has 7 aromatic carbocycles. The van der Waals surface area contributed by atoms with Crippen molar-refractivity contribution in [2.24, 2.45) is 0 Å². The molecule has 5 nitrogen and oxygen atoms in total. The van der Waals surface area contributed by atoms with Gasteiger partial charge in [0.25, 0.3) is 0 Å². The standard InChI is InChI=1S/C53H33N3O2S/c1-2-9-36-30(8-1)16-17-31-18-19-34(28-40(31)36)51-54-52(35-21-24-45-41(29-35)37-10-3-5-13-44(37)57-45)56-53(55-51)39-12-7-14-47-50(39)43-27-32(20-23-46(43)58-47)33-22-25-49-42(26-33)38-11-4-6-15-48(38)59-49/h1,3-8,10-29,47,50H,2,9H2. The Kier molecular flexibility index (Phi) is 7.06. The molecule has 0 bridgehead atoms. The predicted molar refractivity (Wildman–Crippen MR) is 242 cm³/mol. The molecule has 0 fully saturated rings. The van der Waals surface area contributed by atoms with Crippen molar-refractivity contribution in [3.05, 3.63) is 180 Å². The van der Waals surface area contributed by atoms with Crippen LogP contribution < -0.4 is 4.74 Å². The number of para-hydroxylation sites is 1. The third kappa shape index (κ3) is 5.19. The summed E-state index contributed by atoms with van der Waals surface area (Å²) in [5.74, 6) is 2.70. The topological polar surface area (TPSA) is 61.0 Å². The van der Waals surface area contributed by atoms with Crippen LogP contribution in [0.3, 0.4) is 0 Å². The van der Waals surface area contributed by atoms with Crippen LogP contribution in [0.2, 0.25) is 0 Å². The van der Waals surface area contributed by atoms with Gasteiger partial charge in [0.2, 0.25) is 0 Å². The third-order valence-electron chi connectivity index (χ3n) is 12.4. The molecule has 4 heterocycles. The van der Waals surface area contributed by atoms with Crippen LogP contribution in [0, 0.1) is 0 Å². The average Bonchev–Trinajstić information content (AvgIpc) is 3.99. The van der Waals surface area contributed by atoms with Crippen LogP contribution in [-0.2, 0) is 6.42 Å². The van der Waals surface area contributed by atoms with Crippen LogP contribution >= 0.6 is 11.3 Å². The van der Waals surface area contributed by atoms with Crippen LogP contribution in [0.5, 0.6) is 5.75 Å². The van der Waals surface area contributed by atoms with E-state index in [0.717, 1.165) is 68.4 Å². The number of allylic oxidation sites excluding steroid dienone is 3. The summed E-state index contributed by atoms with van der Waals surface area (Å²) in [6.45, 7) is 0. The summed E-state index contributed by atoms with van der Waals surface area (Å²) >= 11 is 1.84. The molecule has 13 rings (SSSR count). The lowest BCUT2D eigenvalue weighted by Crippen LogP contribution is -2.20. The van der Waals surface area contributed by atoms with Gasteiger partial charge in [-0.2, -0.15) is 0 Å². The molecule has 0 spiro atoms. The van der Waals surface area contributed by atoms with E-state index in [1.165, 1.54) is 47.6 Å². The van der Waals surface area contributed by atoms with E-state index in [9.17, 15) is 0 Å². The van der Waals surface area contributed by atoms with E-state index < -0.39 is 0 Å². The number of rotatable bonds is 4. The van der Waals surface area contributed by atoms with Gasteiger partial charge in [-0.1, -0.05) is 97.1 Å². The number of hydrogen-bond acceptors (Lipinski definition) is 6. The number of thiophene rings is 1. The molecule has 2 aliphatic carbocycles. The summed E-state index contributed by atoms with van der Waals surface area (Å²) in [6, 6.07) is 47.6. The summed E-state index contributed by atoms with van der Waals surface area (Å²) in [5.41, 5.74) is 10.7. The molecular weight excluding hydrogens is 743 g/mol. The highest BCUT2D eigenvalue weighted by Crippen LogP contribution is 2.49. The minimum atomic E-state index is -0.180. The van der Waals surface area contributed by atoms with Gasteiger partial charge in [0.1, 0.15) is 23.0 Å². The van der Waals surface area contributed by atoms with Gasteiger partial charge in [-0.25, -0.2) is 15.0 Å². The highest BCUT2D eigenvalue weighted by molar-refractivity contribution is 7.25. The van der Waals surface area contributed by atoms with Crippen molar-refractivity contribution in [2.45, 2.75) is 24.9 Å². The molecule has 1 aliphatic heterocycles. The average molecular weight is 776 g/mol. The summed E-state index contributed by atoms with van der Waals surface area (Å²) in [7, 11) is 0. The van der Waals surface area contributed by atoms with E-state index in [4.69, 9.17) is 24.1 Å². The van der Waals surface area contributed by atoms with Gasteiger partial charge in [-0.05, 0) is 113 Å². The van der Waals surface area contributed by atoms with Crippen molar-refractivity contribution < 1.29 is 9.15 Å². The van der Waals surface area contributed by atoms with Crippen LogP contribution in [0.15, 0.2) is 162 Å². The Bertz CT molecular complexity index is 3510. The number of hydrogen-bond donors (Lipinski definition) is 0. The zero-order chi connectivity index (χ0) is 38.6. The first-order chi connectivity index (χ1) is 29.2. The molecule has 0 radical (unpaired) electrons. The van der Waals surface area contributed by atoms with E-state index in [-0.39, 0.29) is 12.0 Å². The third-order valence-corrected chi connectivity index (χ3v) is 13.5. The molecule has 10 aromatic rings. The number of nitrogens with zero attached hydrogens (tertiary/aromatic N) is 3. The van der Waals surface area contributed by atoms with E-state index >= 15 is 0 Å². The van der Waals surface area contributed by atoms with Crippen molar-refractivity contribution >= 4 is 75.9 Å². The lowest BCUT2D eigenvalue weighted by Gasteiger charge is -2.22. The maximum Gasteiger partial charge on any atom is 0.164 e. The van der Waals surface area contributed by atoms with E-state index in [0.29, 0.717) is 17.5 Å². The Morgan fingerprint density at radius 2 is 1.29 bits per heavy atom. The molecule has 2 unspecified atom stereocenters. The summed E-state index contributed by atoms with van der Waals surface area (Å²) in [6.07, 6.45) is 12.8. The lowest BCUT2D eigenvalue weighted by molar-refractivity contribution is 0.271. The Labute approximate surface area is 343 Å². The molecule has 3 aliphatic rings. The summed E-state index contributed by atoms with van der Waals surface area (Å²) in [5, 5.41) is 7.16. The zero-order valence-electron chi connectivity index (χ0n) is 31.7.